The molecule has 4 nitrogen and oxygen atoms in total. The van der Waals surface area contributed by atoms with Crippen LogP contribution in [0.5, 0.6) is 0 Å². The van der Waals surface area contributed by atoms with Gasteiger partial charge < -0.3 is 4.57 Å². The fourth-order valence-corrected chi connectivity index (χ4v) is 4.10. The van der Waals surface area contributed by atoms with Crippen LogP contribution in [0, 0.1) is 0 Å². The van der Waals surface area contributed by atoms with Gasteiger partial charge in [-0.25, -0.2) is 5.01 Å². The second-order valence-electron chi connectivity index (χ2n) is 7.36. The molecular weight excluding hydrogens is 358 g/mol. The van der Waals surface area contributed by atoms with Crippen LogP contribution in [0.2, 0.25) is 0 Å². The Balaban J connectivity index is 1.62. The molecule has 1 atom stereocenters. The Morgan fingerprint density at radius 1 is 0.897 bits per heavy atom. The number of hydrogen-bond donors (Lipinski definition) is 0. The van der Waals surface area contributed by atoms with Crippen molar-refractivity contribution in [2.24, 2.45) is 12.1 Å². The Morgan fingerprint density at radius 3 is 2.31 bits per heavy atom. The van der Waals surface area contributed by atoms with E-state index in [9.17, 15) is 4.79 Å². The van der Waals surface area contributed by atoms with Crippen molar-refractivity contribution in [1.29, 1.82) is 0 Å². The minimum atomic E-state index is -0.135. The van der Waals surface area contributed by atoms with Gasteiger partial charge in [0.05, 0.1) is 11.8 Å². The van der Waals surface area contributed by atoms with Crippen LogP contribution < -0.4 is 0 Å². The third kappa shape index (κ3) is 3.03. The SMILES string of the molecule is Cn1cc([C@@H]2CC(c3ccccc3)=NN2C(=O)c2ccccc2)c2ccccc21. The Morgan fingerprint density at radius 2 is 1.55 bits per heavy atom. The maximum atomic E-state index is 13.4. The largest absolute Gasteiger partial charge is 0.350 e. The lowest BCUT2D eigenvalue weighted by Gasteiger charge is -2.21. The molecule has 0 bridgehead atoms. The summed E-state index contributed by atoms with van der Waals surface area (Å²) in [7, 11) is 2.04. The van der Waals surface area contributed by atoms with E-state index < -0.39 is 0 Å². The summed E-state index contributed by atoms with van der Waals surface area (Å²) in [6, 6.07) is 27.7. The number of benzene rings is 3. The Kier molecular flexibility index (Phi) is 4.24. The van der Waals surface area contributed by atoms with Crippen LogP contribution in [-0.2, 0) is 7.05 Å². The molecule has 1 aliphatic heterocycles. The third-order valence-corrected chi connectivity index (χ3v) is 5.53. The average molecular weight is 379 g/mol. The standard InChI is InChI=1S/C25H21N3O/c1-27-17-21(20-14-8-9-15-23(20)27)24-16-22(18-10-4-2-5-11-18)26-28(24)25(29)19-12-6-3-7-13-19/h2-15,17,24H,16H2,1H3/t24-/m0/s1. The number of amides is 1. The molecule has 0 saturated carbocycles. The van der Waals surface area contributed by atoms with Crippen LogP contribution in [0.4, 0.5) is 0 Å². The zero-order valence-corrected chi connectivity index (χ0v) is 16.2. The molecule has 0 saturated heterocycles. The maximum Gasteiger partial charge on any atom is 0.274 e. The summed E-state index contributed by atoms with van der Waals surface area (Å²) >= 11 is 0. The van der Waals surface area contributed by atoms with Gasteiger partial charge in [0, 0.05) is 41.7 Å². The molecule has 0 fully saturated rings. The average Bonchev–Trinajstić information content (AvgIpc) is 3.36. The van der Waals surface area contributed by atoms with Gasteiger partial charge >= 0.3 is 0 Å². The normalized spacial score (nSPS) is 16.2. The van der Waals surface area contributed by atoms with Crippen molar-refractivity contribution in [2.45, 2.75) is 12.5 Å². The highest BCUT2D eigenvalue weighted by molar-refractivity contribution is 6.05. The molecule has 2 heterocycles. The van der Waals surface area contributed by atoms with Crippen molar-refractivity contribution in [1.82, 2.24) is 9.58 Å². The van der Waals surface area contributed by atoms with E-state index in [2.05, 4.69) is 35.0 Å². The molecule has 142 valence electrons. The minimum absolute atomic E-state index is 0.0746. The predicted molar refractivity (Wildman–Crippen MR) is 116 cm³/mol. The summed E-state index contributed by atoms with van der Waals surface area (Å²) in [6.45, 7) is 0. The van der Waals surface area contributed by atoms with Crippen molar-refractivity contribution in [2.75, 3.05) is 0 Å². The zero-order valence-electron chi connectivity index (χ0n) is 16.2. The van der Waals surface area contributed by atoms with Gasteiger partial charge in [0.15, 0.2) is 0 Å². The van der Waals surface area contributed by atoms with Crippen LogP contribution in [0.1, 0.15) is 33.9 Å². The zero-order chi connectivity index (χ0) is 19.8. The number of fused-ring (bicyclic) bond motifs is 1. The van der Waals surface area contributed by atoms with Crippen molar-refractivity contribution in [3.63, 3.8) is 0 Å². The Labute approximate surface area is 169 Å². The minimum Gasteiger partial charge on any atom is -0.350 e. The Hall–Kier alpha value is -3.66. The number of carbonyl (C=O) groups is 1. The van der Waals surface area contributed by atoms with Gasteiger partial charge in [-0.3, -0.25) is 4.79 Å². The van der Waals surface area contributed by atoms with Crippen molar-refractivity contribution >= 4 is 22.5 Å². The first-order valence-corrected chi connectivity index (χ1v) is 9.78. The van der Waals surface area contributed by atoms with E-state index in [4.69, 9.17) is 5.10 Å². The van der Waals surface area contributed by atoms with E-state index in [-0.39, 0.29) is 11.9 Å². The number of nitrogens with zero attached hydrogens (tertiary/aromatic N) is 3. The van der Waals surface area contributed by atoms with Gasteiger partial charge in [0.1, 0.15) is 0 Å². The van der Waals surface area contributed by atoms with Gasteiger partial charge in [0.25, 0.3) is 5.91 Å². The van der Waals surface area contributed by atoms with Gasteiger partial charge in [0.2, 0.25) is 0 Å². The Bertz CT molecular complexity index is 1210. The number of aryl methyl sites for hydroxylation is 1. The molecule has 1 aliphatic rings. The smallest absolute Gasteiger partial charge is 0.274 e. The number of aromatic nitrogens is 1. The summed E-state index contributed by atoms with van der Waals surface area (Å²) < 4.78 is 2.12. The summed E-state index contributed by atoms with van der Waals surface area (Å²) in [6.07, 6.45) is 2.82. The molecule has 0 spiro atoms. The maximum absolute atomic E-state index is 13.4. The quantitative estimate of drug-likeness (QED) is 0.484. The molecule has 0 radical (unpaired) electrons. The molecule has 0 aliphatic carbocycles. The van der Waals surface area contributed by atoms with Crippen molar-refractivity contribution in [3.8, 4) is 0 Å². The van der Waals surface area contributed by atoms with Crippen LogP contribution in [0.3, 0.4) is 0 Å². The molecule has 1 aromatic heterocycles. The van der Waals surface area contributed by atoms with E-state index in [0.717, 1.165) is 27.7 Å². The number of para-hydroxylation sites is 1. The monoisotopic (exact) mass is 379 g/mol. The first-order chi connectivity index (χ1) is 14.2. The first kappa shape index (κ1) is 17.4. The molecule has 1 amide bonds. The third-order valence-electron chi connectivity index (χ3n) is 5.53. The molecule has 29 heavy (non-hydrogen) atoms. The van der Waals surface area contributed by atoms with Crippen LogP contribution in [0.25, 0.3) is 10.9 Å². The first-order valence-electron chi connectivity index (χ1n) is 9.78. The number of hydrogen-bond acceptors (Lipinski definition) is 2. The highest BCUT2D eigenvalue weighted by Crippen LogP contribution is 2.38. The molecule has 4 aromatic rings. The summed E-state index contributed by atoms with van der Waals surface area (Å²) in [4.78, 5) is 13.4. The van der Waals surface area contributed by atoms with Crippen LogP contribution >= 0.6 is 0 Å². The fourth-order valence-electron chi connectivity index (χ4n) is 4.10. The second kappa shape index (κ2) is 7.06. The lowest BCUT2D eigenvalue weighted by atomic mass is 9.97. The van der Waals surface area contributed by atoms with E-state index in [1.807, 2.05) is 67.7 Å². The molecule has 0 unspecified atom stereocenters. The molecular formula is C25H21N3O. The summed E-state index contributed by atoms with van der Waals surface area (Å²) in [5.74, 6) is -0.0746. The number of carbonyl (C=O) groups excluding carboxylic acids is 1. The van der Waals surface area contributed by atoms with Gasteiger partial charge in [-0.15, -0.1) is 0 Å². The summed E-state index contributed by atoms with van der Waals surface area (Å²) in [5, 5.41) is 7.63. The highest BCUT2D eigenvalue weighted by Gasteiger charge is 2.35. The van der Waals surface area contributed by atoms with Crippen LogP contribution in [0.15, 0.2) is 96.2 Å². The highest BCUT2D eigenvalue weighted by atomic mass is 16.2. The van der Waals surface area contributed by atoms with E-state index >= 15 is 0 Å². The molecule has 5 rings (SSSR count). The van der Waals surface area contributed by atoms with E-state index in [0.29, 0.717) is 12.0 Å². The van der Waals surface area contributed by atoms with Gasteiger partial charge in [-0.2, -0.15) is 5.10 Å². The predicted octanol–water partition coefficient (Wildman–Crippen LogP) is 5.17. The lowest BCUT2D eigenvalue weighted by Crippen LogP contribution is -2.27. The topological polar surface area (TPSA) is 37.6 Å². The number of hydrazone groups is 1. The lowest BCUT2D eigenvalue weighted by molar-refractivity contribution is 0.0712. The molecule has 3 aromatic carbocycles. The van der Waals surface area contributed by atoms with E-state index in [1.165, 1.54) is 0 Å². The fraction of sp³-hybridized carbons (Fsp3) is 0.120. The van der Waals surface area contributed by atoms with Gasteiger partial charge in [-0.05, 0) is 23.8 Å². The molecule has 0 N–H and O–H groups in total. The van der Waals surface area contributed by atoms with E-state index in [1.54, 1.807) is 5.01 Å². The van der Waals surface area contributed by atoms with Crippen molar-refractivity contribution < 1.29 is 4.79 Å². The molecule has 4 heteroatoms. The number of rotatable bonds is 3. The van der Waals surface area contributed by atoms with Gasteiger partial charge in [-0.1, -0.05) is 66.7 Å². The van der Waals surface area contributed by atoms with Crippen molar-refractivity contribution in [3.05, 3.63) is 108 Å². The van der Waals surface area contributed by atoms with Crippen LogP contribution in [-0.4, -0.2) is 21.2 Å². The summed E-state index contributed by atoms with van der Waals surface area (Å²) in [5.41, 5.74) is 4.93. The second-order valence-corrected chi connectivity index (χ2v) is 7.36.